The summed E-state index contributed by atoms with van der Waals surface area (Å²) in [5, 5.41) is 7.69. The van der Waals surface area contributed by atoms with Gasteiger partial charge in [-0.25, -0.2) is 4.68 Å². The number of benzene rings is 1. The third-order valence-electron chi connectivity index (χ3n) is 3.23. The average molecular weight is 264 g/mol. The quantitative estimate of drug-likeness (QED) is 0.785. The van der Waals surface area contributed by atoms with Gasteiger partial charge in [-0.1, -0.05) is 0 Å². The van der Waals surface area contributed by atoms with Crippen LogP contribution in [-0.4, -0.2) is 14.8 Å². The summed E-state index contributed by atoms with van der Waals surface area (Å²) in [6.45, 7) is 2.14. The van der Waals surface area contributed by atoms with E-state index in [1.165, 1.54) is 5.56 Å². The SMILES string of the molecule is CC(Nc1ccc(-n2cccn2)cc1)c1ccncc1. The Balaban J connectivity index is 1.72. The highest BCUT2D eigenvalue weighted by Gasteiger charge is 2.04. The zero-order valence-electron chi connectivity index (χ0n) is 11.3. The second-order valence-electron chi connectivity index (χ2n) is 4.64. The van der Waals surface area contributed by atoms with E-state index in [2.05, 4.69) is 46.6 Å². The molecule has 0 aliphatic rings. The van der Waals surface area contributed by atoms with Crippen molar-refractivity contribution in [2.75, 3.05) is 5.32 Å². The minimum Gasteiger partial charge on any atom is -0.379 e. The summed E-state index contributed by atoms with van der Waals surface area (Å²) < 4.78 is 1.84. The van der Waals surface area contributed by atoms with E-state index in [1.807, 2.05) is 41.5 Å². The largest absolute Gasteiger partial charge is 0.379 e. The molecule has 1 aromatic carbocycles. The van der Waals surface area contributed by atoms with E-state index in [0.29, 0.717) is 0 Å². The van der Waals surface area contributed by atoms with Crippen molar-refractivity contribution < 1.29 is 0 Å². The number of rotatable bonds is 4. The first kappa shape index (κ1) is 12.4. The first-order valence-electron chi connectivity index (χ1n) is 6.59. The molecule has 1 atom stereocenters. The van der Waals surface area contributed by atoms with E-state index < -0.39 is 0 Å². The second-order valence-corrected chi connectivity index (χ2v) is 4.64. The number of nitrogens with one attached hydrogen (secondary N) is 1. The molecular weight excluding hydrogens is 248 g/mol. The summed E-state index contributed by atoms with van der Waals surface area (Å²) in [6, 6.07) is 14.4. The maximum Gasteiger partial charge on any atom is 0.0647 e. The molecule has 0 spiro atoms. The zero-order chi connectivity index (χ0) is 13.8. The van der Waals surface area contributed by atoms with Crippen molar-refractivity contribution in [1.82, 2.24) is 14.8 Å². The molecule has 0 fully saturated rings. The molecule has 0 bridgehead atoms. The van der Waals surface area contributed by atoms with Crippen molar-refractivity contribution in [2.45, 2.75) is 13.0 Å². The maximum absolute atomic E-state index is 4.21. The van der Waals surface area contributed by atoms with E-state index in [9.17, 15) is 0 Å². The van der Waals surface area contributed by atoms with Crippen molar-refractivity contribution in [3.63, 3.8) is 0 Å². The maximum atomic E-state index is 4.21. The second kappa shape index (κ2) is 5.57. The summed E-state index contributed by atoms with van der Waals surface area (Å²) in [7, 11) is 0. The monoisotopic (exact) mass is 264 g/mol. The van der Waals surface area contributed by atoms with Gasteiger partial charge in [0.2, 0.25) is 0 Å². The summed E-state index contributed by atoms with van der Waals surface area (Å²) >= 11 is 0. The first-order chi connectivity index (χ1) is 9.83. The summed E-state index contributed by atoms with van der Waals surface area (Å²) in [5.41, 5.74) is 3.36. The Morgan fingerprint density at radius 3 is 2.40 bits per heavy atom. The van der Waals surface area contributed by atoms with E-state index in [-0.39, 0.29) is 6.04 Å². The minimum absolute atomic E-state index is 0.244. The molecule has 0 radical (unpaired) electrons. The highest BCUT2D eigenvalue weighted by molar-refractivity contribution is 5.49. The van der Waals surface area contributed by atoms with Gasteiger partial charge in [0, 0.05) is 36.5 Å². The molecule has 0 aliphatic heterocycles. The van der Waals surface area contributed by atoms with Crippen LogP contribution in [0.25, 0.3) is 5.69 Å². The molecular formula is C16H16N4. The molecule has 1 unspecified atom stereocenters. The van der Waals surface area contributed by atoms with Gasteiger partial charge >= 0.3 is 0 Å². The molecule has 100 valence electrons. The predicted octanol–water partition coefficient (Wildman–Crippen LogP) is 3.44. The third kappa shape index (κ3) is 2.69. The predicted molar refractivity (Wildman–Crippen MR) is 79.8 cm³/mol. The Bertz CT molecular complexity index is 645. The van der Waals surface area contributed by atoms with Gasteiger partial charge in [0.25, 0.3) is 0 Å². The fourth-order valence-electron chi connectivity index (χ4n) is 2.12. The molecule has 4 heteroatoms. The molecule has 2 aromatic heterocycles. The van der Waals surface area contributed by atoms with Crippen LogP contribution >= 0.6 is 0 Å². The van der Waals surface area contributed by atoms with E-state index in [4.69, 9.17) is 0 Å². The molecule has 1 N–H and O–H groups in total. The van der Waals surface area contributed by atoms with Gasteiger partial charge in [-0.3, -0.25) is 4.98 Å². The van der Waals surface area contributed by atoms with Gasteiger partial charge in [-0.05, 0) is 55.0 Å². The van der Waals surface area contributed by atoms with Crippen molar-refractivity contribution in [3.05, 3.63) is 72.8 Å². The fourth-order valence-corrected chi connectivity index (χ4v) is 2.12. The van der Waals surface area contributed by atoms with Crippen LogP contribution in [0.15, 0.2) is 67.3 Å². The highest BCUT2D eigenvalue weighted by atomic mass is 15.3. The van der Waals surface area contributed by atoms with Gasteiger partial charge < -0.3 is 5.32 Å². The molecule has 2 heterocycles. The smallest absolute Gasteiger partial charge is 0.0647 e. The summed E-state index contributed by atoms with van der Waals surface area (Å²) in [4.78, 5) is 4.04. The molecule has 0 saturated heterocycles. The lowest BCUT2D eigenvalue weighted by atomic mass is 10.1. The summed E-state index contributed by atoms with van der Waals surface area (Å²) in [5.74, 6) is 0. The molecule has 3 rings (SSSR count). The molecule has 0 saturated carbocycles. The lowest BCUT2D eigenvalue weighted by Gasteiger charge is -2.15. The van der Waals surface area contributed by atoms with Crippen LogP contribution in [0.4, 0.5) is 5.69 Å². The van der Waals surface area contributed by atoms with Gasteiger partial charge in [-0.2, -0.15) is 5.10 Å². The molecule has 4 nitrogen and oxygen atoms in total. The summed E-state index contributed by atoms with van der Waals surface area (Å²) in [6.07, 6.45) is 7.34. The number of anilines is 1. The van der Waals surface area contributed by atoms with Gasteiger partial charge in [0.15, 0.2) is 0 Å². The number of nitrogens with zero attached hydrogens (tertiary/aromatic N) is 3. The van der Waals surface area contributed by atoms with E-state index in [0.717, 1.165) is 11.4 Å². The van der Waals surface area contributed by atoms with Crippen LogP contribution in [0.5, 0.6) is 0 Å². The van der Waals surface area contributed by atoms with Crippen molar-refractivity contribution >= 4 is 5.69 Å². The van der Waals surface area contributed by atoms with Gasteiger partial charge in [0.1, 0.15) is 0 Å². The standard InChI is InChI=1S/C16H16N4/c1-13(14-7-10-17-11-8-14)19-15-3-5-16(6-4-15)20-12-2-9-18-20/h2-13,19H,1H3. The number of hydrogen-bond donors (Lipinski definition) is 1. The molecule has 20 heavy (non-hydrogen) atoms. The lowest BCUT2D eigenvalue weighted by molar-refractivity contribution is 0.872. The van der Waals surface area contributed by atoms with Crippen LogP contribution in [0.3, 0.4) is 0 Å². The van der Waals surface area contributed by atoms with E-state index in [1.54, 1.807) is 6.20 Å². The van der Waals surface area contributed by atoms with Crippen LogP contribution < -0.4 is 5.32 Å². The lowest BCUT2D eigenvalue weighted by Crippen LogP contribution is -2.06. The number of aromatic nitrogens is 3. The van der Waals surface area contributed by atoms with Crippen molar-refractivity contribution in [1.29, 1.82) is 0 Å². The zero-order valence-corrected chi connectivity index (χ0v) is 11.3. The highest BCUT2D eigenvalue weighted by Crippen LogP contribution is 2.19. The Morgan fingerprint density at radius 1 is 1.00 bits per heavy atom. The number of hydrogen-bond acceptors (Lipinski definition) is 3. The fraction of sp³-hybridized carbons (Fsp3) is 0.125. The first-order valence-corrected chi connectivity index (χ1v) is 6.59. The third-order valence-corrected chi connectivity index (χ3v) is 3.23. The Morgan fingerprint density at radius 2 is 1.75 bits per heavy atom. The normalized spacial score (nSPS) is 12.1. The molecule has 0 aliphatic carbocycles. The van der Waals surface area contributed by atoms with Gasteiger partial charge in [-0.15, -0.1) is 0 Å². The minimum atomic E-state index is 0.244. The van der Waals surface area contributed by atoms with Gasteiger partial charge in [0.05, 0.1) is 5.69 Å². The van der Waals surface area contributed by atoms with Crippen molar-refractivity contribution in [3.8, 4) is 5.69 Å². The van der Waals surface area contributed by atoms with Crippen molar-refractivity contribution in [2.24, 2.45) is 0 Å². The van der Waals surface area contributed by atoms with Crippen LogP contribution in [0.1, 0.15) is 18.5 Å². The van der Waals surface area contributed by atoms with E-state index >= 15 is 0 Å². The van der Waals surface area contributed by atoms with Crippen LogP contribution in [0.2, 0.25) is 0 Å². The topological polar surface area (TPSA) is 42.7 Å². The average Bonchev–Trinajstić information content (AvgIpc) is 3.03. The Kier molecular flexibility index (Phi) is 3.46. The molecule has 0 amide bonds. The Labute approximate surface area is 118 Å². The Hall–Kier alpha value is -2.62. The number of pyridine rings is 1. The van der Waals surface area contributed by atoms with Crippen LogP contribution in [0, 0.1) is 0 Å². The van der Waals surface area contributed by atoms with Crippen LogP contribution in [-0.2, 0) is 0 Å². The molecule has 3 aromatic rings.